The summed E-state index contributed by atoms with van der Waals surface area (Å²) in [6, 6.07) is 22.1. The molecule has 0 bridgehead atoms. The first-order valence-electron chi connectivity index (χ1n) is 14.6. The fourth-order valence-electron chi connectivity index (χ4n) is 5.02. The van der Waals surface area contributed by atoms with Crippen molar-refractivity contribution in [3.05, 3.63) is 125 Å². The number of sulfonamides is 1. The number of unbranched alkanes of at least 4 members (excludes halogenated alkanes) is 1. The van der Waals surface area contributed by atoms with Gasteiger partial charge in [0.2, 0.25) is 10.0 Å². The third-order valence-corrected chi connectivity index (χ3v) is 9.47. The number of alkyl halides is 3. The number of rotatable bonds is 13. The molecule has 3 aromatic carbocycles. The van der Waals surface area contributed by atoms with Crippen LogP contribution >= 0.6 is 11.6 Å². The number of hydrogen-bond donors (Lipinski definition) is 0. The molecular weight excluding hydrogens is 658 g/mol. The van der Waals surface area contributed by atoms with Crippen LogP contribution in [0.5, 0.6) is 5.75 Å². The molecule has 0 atom stereocenters. The van der Waals surface area contributed by atoms with E-state index in [9.17, 15) is 26.0 Å². The van der Waals surface area contributed by atoms with E-state index in [1.54, 1.807) is 4.57 Å². The summed E-state index contributed by atoms with van der Waals surface area (Å²) >= 11 is 5.89. The lowest BCUT2D eigenvalue weighted by Crippen LogP contribution is -2.33. The van der Waals surface area contributed by atoms with Gasteiger partial charge in [-0.25, -0.2) is 12.8 Å². The number of nitrogens with zero attached hydrogens (tertiary/aromatic N) is 5. The molecule has 246 valence electrons. The predicted molar refractivity (Wildman–Crippen MR) is 169 cm³/mol. The fraction of sp³-hybridized carbons (Fsp3) is 0.242. The molecule has 0 saturated heterocycles. The first-order chi connectivity index (χ1) is 22.4. The third-order valence-electron chi connectivity index (χ3n) is 7.30. The van der Waals surface area contributed by atoms with E-state index in [4.69, 9.17) is 11.6 Å². The van der Waals surface area contributed by atoms with Gasteiger partial charge in [0, 0.05) is 12.2 Å². The summed E-state index contributed by atoms with van der Waals surface area (Å²) in [5, 5.41) is 7.85. The summed E-state index contributed by atoms with van der Waals surface area (Å²) in [5.74, 6) is -1.37. The summed E-state index contributed by atoms with van der Waals surface area (Å²) < 4.78 is 90.1. The number of benzene rings is 3. The van der Waals surface area contributed by atoms with Crippen LogP contribution in [0.3, 0.4) is 0 Å². The standard InChI is InChI=1S/C33H30ClF4N5O3S/c1-23-8-7-12-27(40-23)20-42-22-39-41-32(42)21-43(17-6-5-11-24-9-3-2-4-10-24)47(44,45)31-16-14-26(19-30(31)46-33(36,37)38)25-13-15-29(35)28(34)18-25/h2-4,7-10,12-16,18-19,22H,5-6,11,17,20-21H2,1H3. The second-order valence-electron chi connectivity index (χ2n) is 10.8. The van der Waals surface area contributed by atoms with Crippen LogP contribution in [0.15, 0.2) is 96.2 Å². The second-order valence-corrected chi connectivity index (χ2v) is 13.1. The fourth-order valence-corrected chi connectivity index (χ4v) is 6.73. The molecule has 0 aliphatic heterocycles. The van der Waals surface area contributed by atoms with Crippen molar-refractivity contribution in [3.63, 3.8) is 0 Å². The Labute approximate surface area is 274 Å². The van der Waals surface area contributed by atoms with Crippen molar-refractivity contribution in [2.24, 2.45) is 0 Å². The van der Waals surface area contributed by atoms with E-state index in [1.165, 1.54) is 24.5 Å². The minimum Gasteiger partial charge on any atom is -0.404 e. The molecule has 47 heavy (non-hydrogen) atoms. The molecule has 2 heterocycles. The molecule has 5 aromatic rings. The van der Waals surface area contributed by atoms with E-state index < -0.39 is 32.8 Å². The first-order valence-corrected chi connectivity index (χ1v) is 16.4. The normalized spacial score (nSPS) is 12.1. The van der Waals surface area contributed by atoms with Crippen molar-refractivity contribution in [3.8, 4) is 16.9 Å². The number of aromatic nitrogens is 4. The number of aryl methyl sites for hydroxylation is 2. The molecule has 0 radical (unpaired) electrons. The lowest BCUT2D eigenvalue weighted by atomic mass is 10.1. The van der Waals surface area contributed by atoms with Crippen LogP contribution in [-0.2, 0) is 29.5 Å². The number of ether oxygens (including phenoxy) is 1. The van der Waals surface area contributed by atoms with Crippen LogP contribution in [0.1, 0.15) is 35.6 Å². The number of pyridine rings is 1. The molecule has 0 aliphatic rings. The molecule has 14 heteroatoms. The average molecular weight is 688 g/mol. The lowest BCUT2D eigenvalue weighted by Gasteiger charge is -2.24. The summed E-state index contributed by atoms with van der Waals surface area (Å²) in [5.41, 5.74) is 2.97. The number of hydrogen-bond acceptors (Lipinski definition) is 6. The quantitative estimate of drug-likeness (QED) is 0.0936. The van der Waals surface area contributed by atoms with E-state index in [2.05, 4.69) is 19.9 Å². The zero-order valence-electron chi connectivity index (χ0n) is 25.2. The van der Waals surface area contributed by atoms with E-state index in [1.807, 2.05) is 55.5 Å². The van der Waals surface area contributed by atoms with Gasteiger partial charge in [-0.05, 0) is 79.3 Å². The Bertz CT molecular complexity index is 1940. The van der Waals surface area contributed by atoms with Crippen molar-refractivity contribution in [1.82, 2.24) is 24.1 Å². The highest BCUT2D eigenvalue weighted by molar-refractivity contribution is 7.89. The SMILES string of the molecule is Cc1cccc(Cn2cnnc2CN(CCCCc2ccccc2)S(=O)(=O)c2ccc(-c3ccc(F)c(Cl)c3)cc2OC(F)(F)F)n1. The van der Waals surface area contributed by atoms with Crippen LogP contribution in [0, 0.1) is 12.7 Å². The Morgan fingerprint density at radius 2 is 1.68 bits per heavy atom. The maximum atomic E-state index is 14.2. The molecule has 2 aromatic heterocycles. The van der Waals surface area contributed by atoms with Crippen molar-refractivity contribution >= 4 is 21.6 Å². The molecule has 0 unspecified atom stereocenters. The van der Waals surface area contributed by atoms with Crippen molar-refractivity contribution in [2.75, 3.05) is 6.54 Å². The van der Waals surface area contributed by atoms with Gasteiger partial charge in [0.25, 0.3) is 0 Å². The van der Waals surface area contributed by atoms with Crippen LogP contribution < -0.4 is 4.74 Å². The summed E-state index contributed by atoms with van der Waals surface area (Å²) in [6.45, 7) is 1.80. The van der Waals surface area contributed by atoms with Crippen LogP contribution in [-0.4, -0.2) is 45.4 Å². The Hall–Kier alpha value is -4.33. The van der Waals surface area contributed by atoms with Crippen LogP contribution in [0.4, 0.5) is 17.6 Å². The highest BCUT2D eigenvalue weighted by Crippen LogP contribution is 2.36. The monoisotopic (exact) mass is 687 g/mol. The highest BCUT2D eigenvalue weighted by atomic mass is 35.5. The van der Waals surface area contributed by atoms with E-state index in [0.717, 1.165) is 33.8 Å². The Kier molecular flexibility index (Phi) is 10.6. The Balaban J connectivity index is 1.49. The van der Waals surface area contributed by atoms with Gasteiger partial charge in [-0.1, -0.05) is 60.1 Å². The molecule has 8 nitrogen and oxygen atoms in total. The third kappa shape index (κ3) is 8.93. The van der Waals surface area contributed by atoms with Gasteiger partial charge in [0.15, 0.2) is 0 Å². The van der Waals surface area contributed by atoms with Gasteiger partial charge >= 0.3 is 6.36 Å². The summed E-state index contributed by atoms with van der Waals surface area (Å²) in [6.07, 6.45) is -2.05. The van der Waals surface area contributed by atoms with Gasteiger partial charge < -0.3 is 9.30 Å². The molecule has 0 fully saturated rings. The maximum absolute atomic E-state index is 14.2. The van der Waals surface area contributed by atoms with Crippen molar-refractivity contribution < 1.29 is 30.7 Å². The Morgan fingerprint density at radius 3 is 2.40 bits per heavy atom. The van der Waals surface area contributed by atoms with E-state index in [-0.39, 0.29) is 41.6 Å². The minimum absolute atomic E-state index is 0.0223. The molecule has 0 amide bonds. The van der Waals surface area contributed by atoms with Gasteiger partial charge in [0.05, 0.1) is 23.8 Å². The molecular formula is C33H30ClF4N5O3S. The van der Waals surface area contributed by atoms with Gasteiger partial charge in [-0.15, -0.1) is 23.4 Å². The van der Waals surface area contributed by atoms with Crippen molar-refractivity contribution in [2.45, 2.75) is 50.5 Å². The lowest BCUT2D eigenvalue weighted by molar-refractivity contribution is -0.275. The molecule has 0 aliphatic carbocycles. The molecule has 0 N–H and O–H groups in total. The molecule has 5 rings (SSSR count). The molecule has 0 spiro atoms. The van der Waals surface area contributed by atoms with Gasteiger partial charge in [-0.3, -0.25) is 4.98 Å². The highest BCUT2D eigenvalue weighted by Gasteiger charge is 2.36. The zero-order chi connectivity index (χ0) is 33.6. The summed E-state index contributed by atoms with van der Waals surface area (Å²) in [7, 11) is -4.61. The van der Waals surface area contributed by atoms with Crippen LogP contribution in [0.2, 0.25) is 5.02 Å². The van der Waals surface area contributed by atoms with Crippen LogP contribution in [0.25, 0.3) is 11.1 Å². The minimum atomic E-state index is -5.20. The largest absolute Gasteiger partial charge is 0.573 e. The number of halogens is 5. The average Bonchev–Trinajstić information content (AvgIpc) is 3.45. The Morgan fingerprint density at radius 1 is 0.936 bits per heavy atom. The van der Waals surface area contributed by atoms with Gasteiger partial charge in [-0.2, -0.15) is 4.31 Å². The smallest absolute Gasteiger partial charge is 0.404 e. The maximum Gasteiger partial charge on any atom is 0.573 e. The summed E-state index contributed by atoms with van der Waals surface area (Å²) in [4.78, 5) is 3.79. The van der Waals surface area contributed by atoms with Crippen molar-refractivity contribution in [1.29, 1.82) is 0 Å². The first kappa shape index (κ1) is 34.0. The van der Waals surface area contributed by atoms with E-state index >= 15 is 0 Å². The second kappa shape index (κ2) is 14.6. The topological polar surface area (TPSA) is 90.2 Å². The van der Waals surface area contributed by atoms with E-state index in [0.29, 0.717) is 25.0 Å². The molecule has 0 saturated carbocycles. The van der Waals surface area contributed by atoms with Gasteiger partial charge in [0.1, 0.15) is 28.6 Å². The zero-order valence-corrected chi connectivity index (χ0v) is 26.7. The predicted octanol–water partition coefficient (Wildman–Crippen LogP) is 7.60.